The van der Waals surface area contributed by atoms with Crippen molar-refractivity contribution < 1.29 is 9.18 Å². The van der Waals surface area contributed by atoms with Gasteiger partial charge in [-0.15, -0.1) is 10.2 Å². The average Bonchev–Trinajstić information content (AvgIpc) is 3.04. The number of carbonyl (C=O) groups is 1. The van der Waals surface area contributed by atoms with Crippen LogP contribution in [0.2, 0.25) is 0 Å². The van der Waals surface area contributed by atoms with Crippen molar-refractivity contribution in [2.24, 2.45) is 5.92 Å². The number of rotatable bonds is 4. The van der Waals surface area contributed by atoms with Crippen LogP contribution in [0.1, 0.15) is 25.6 Å². The Bertz CT molecular complexity index is 694. The molecule has 0 bridgehead atoms. The van der Waals surface area contributed by atoms with Gasteiger partial charge in [0.1, 0.15) is 18.0 Å². The summed E-state index contributed by atoms with van der Waals surface area (Å²) < 4.78 is 15.7. The molecule has 24 heavy (non-hydrogen) atoms. The third-order valence-electron chi connectivity index (χ3n) is 4.52. The Morgan fingerprint density at radius 2 is 2.08 bits per heavy atom. The molecule has 0 radical (unpaired) electrons. The monoisotopic (exact) mass is 331 g/mol. The molecule has 7 heteroatoms. The zero-order valence-corrected chi connectivity index (χ0v) is 13.8. The van der Waals surface area contributed by atoms with Gasteiger partial charge in [0.25, 0.3) is 0 Å². The molecule has 1 aromatic carbocycles. The number of halogens is 1. The summed E-state index contributed by atoms with van der Waals surface area (Å²) in [7, 11) is 0. The van der Waals surface area contributed by atoms with Crippen LogP contribution in [-0.4, -0.2) is 38.8 Å². The van der Waals surface area contributed by atoms with Crippen LogP contribution < -0.4 is 5.32 Å². The first-order chi connectivity index (χ1) is 11.7. The molecule has 0 aliphatic carbocycles. The van der Waals surface area contributed by atoms with Gasteiger partial charge < -0.3 is 14.8 Å². The SMILES string of the molecule is CCn1cnnc1CC1CCN(C(=O)Nc2ccccc2F)CC1. The summed E-state index contributed by atoms with van der Waals surface area (Å²) in [5.74, 6) is 1.09. The van der Waals surface area contributed by atoms with Gasteiger partial charge in [-0.1, -0.05) is 12.1 Å². The Kier molecular flexibility index (Phi) is 5.08. The largest absolute Gasteiger partial charge is 0.325 e. The highest BCUT2D eigenvalue weighted by Gasteiger charge is 2.24. The van der Waals surface area contributed by atoms with Crippen molar-refractivity contribution in [3.63, 3.8) is 0 Å². The normalized spacial score (nSPS) is 15.5. The molecule has 0 atom stereocenters. The Balaban J connectivity index is 1.51. The predicted octanol–water partition coefficient (Wildman–Crippen LogP) is 2.92. The highest BCUT2D eigenvalue weighted by Crippen LogP contribution is 2.22. The molecule has 6 nitrogen and oxygen atoms in total. The quantitative estimate of drug-likeness (QED) is 0.937. The molecule has 1 fully saturated rings. The minimum absolute atomic E-state index is 0.223. The molecule has 1 aliphatic rings. The number of hydrogen-bond acceptors (Lipinski definition) is 3. The van der Waals surface area contributed by atoms with Crippen LogP contribution in [0, 0.1) is 11.7 Å². The number of hydrogen-bond donors (Lipinski definition) is 1. The third-order valence-corrected chi connectivity index (χ3v) is 4.52. The van der Waals surface area contributed by atoms with E-state index in [0.717, 1.165) is 31.6 Å². The van der Waals surface area contributed by atoms with Gasteiger partial charge in [-0.3, -0.25) is 0 Å². The van der Waals surface area contributed by atoms with Crippen LogP contribution >= 0.6 is 0 Å². The van der Waals surface area contributed by atoms with E-state index in [2.05, 4.69) is 27.0 Å². The molecule has 1 saturated heterocycles. The lowest BCUT2D eigenvalue weighted by molar-refractivity contribution is 0.181. The Hall–Kier alpha value is -2.44. The molecule has 0 unspecified atom stereocenters. The molecule has 1 aromatic heterocycles. The van der Waals surface area contributed by atoms with E-state index >= 15 is 0 Å². The molecule has 0 saturated carbocycles. The van der Waals surface area contributed by atoms with Gasteiger partial charge in [0.05, 0.1) is 5.69 Å². The van der Waals surface area contributed by atoms with E-state index in [1.54, 1.807) is 29.4 Å². The molecule has 1 N–H and O–H groups in total. The first-order valence-corrected chi connectivity index (χ1v) is 8.34. The number of likely N-dealkylation sites (tertiary alicyclic amines) is 1. The summed E-state index contributed by atoms with van der Waals surface area (Å²) in [6, 6.07) is 5.97. The summed E-state index contributed by atoms with van der Waals surface area (Å²) in [4.78, 5) is 14.0. The van der Waals surface area contributed by atoms with Gasteiger partial charge in [0.15, 0.2) is 0 Å². The van der Waals surface area contributed by atoms with Gasteiger partial charge in [-0.05, 0) is 37.8 Å². The third kappa shape index (κ3) is 3.72. The standard InChI is InChI=1S/C17H22FN5O/c1-2-22-12-19-21-16(22)11-13-7-9-23(10-8-13)17(24)20-15-6-4-3-5-14(15)18/h3-6,12-13H,2,7-11H2,1H3,(H,20,24). The highest BCUT2D eigenvalue weighted by atomic mass is 19.1. The zero-order valence-electron chi connectivity index (χ0n) is 13.8. The summed E-state index contributed by atoms with van der Waals surface area (Å²) >= 11 is 0. The highest BCUT2D eigenvalue weighted by molar-refractivity contribution is 5.89. The summed E-state index contributed by atoms with van der Waals surface area (Å²) in [5, 5.41) is 10.8. The molecule has 2 aromatic rings. The Labute approximate surface area is 140 Å². The molecular formula is C17H22FN5O. The fourth-order valence-electron chi connectivity index (χ4n) is 3.06. The second-order valence-electron chi connectivity index (χ2n) is 6.08. The topological polar surface area (TPSA) is 63.1 Å². The van der Waals surface area contributed by atoms with Crippen LogP contribution in [0.5, 0.6) is 0 Å². The van der Waals surface area contributed by atoms with E-state index in [-0.39, 0.29) is 11.7 Å². The summed E-state index contributed by atoms with van der Waals surface area (Å²) in [5.41, 5.74) is 0.223. The van der Waals surface area contributed by atoms with E-state index in [1.807, 2.05) is 0 Å². The smallest absolute Gasteiger partial charge is 0.321 e. The Morgan fingerprint density at radius 3 is 2.79 bits per heavy atom. The van der Waals surface area contributed by atoms with Crippen molar-refractivity contribution in [2.75, 3.05) is 18.4 Å². The van der Waals surface area contributed by atoms with Crippen molar-refractivity contribution in [1.29, 1.82) is 0 Å². The van der Waals surface area contributed by atoms with E-state index in [1.165, 1.54) is 6.07 Å². The van der Waals surface area contributed by atoms with Gasteiger partial charge >= 0.3 is 6.03 Å². The first kappa shape index (κ1) is 16.4. The van der Waals surface area contributed by atoms with Crippen molar-refractivity contribution in [3.05, 3.63) is 42.2 Å². The maximum atomic E-state index is 13.6. The summed E-state index contributed by atoms with van der Waals surface area (Å²) in [6.45, 7) is 4.28. The number of amides is 2. The second-order valence-corrected chi connectivity index (χ2v) is 6.08. The first-order valence-electron chi connectivity index (χ1n) is 8.34. The maximum Gasteiger partial charge on any atom is 0.321 e. The minimum atomic E-state index is -0.417. The summed E-state index contributed by atoms with van der Waals surface area (Å²) in [6.07, 6.45) is 4.48. The maximum absolute atomic E-state index is 13.6. The fourth-order valence-corrected chi connectivity index (χ4v) is 3.06. The van der Waals surface area contributed by atoms with Crippen molar-refractivity contribution in [1.82, 2.24) is 19.7 Å². The van der Waals surface area contributed by atoms with Crippen molar-refractivity contribution in [3.8, 4) is 0 Å². The lowest BCUT2D eigenvalue weighted by Gasteiger charge is -2.31. The van der Waals surface area contributed by atoms with Crippen molar-refractivity contribution in [2.45, 2.75) is 32.7 Å². The fraction of sp³-hybridized carbons (Fsp3) is 0.471. The molecule has 2 heterocycles. The number of urea groups is 1. The van der Waals surface area contributed by atoms with Crippen LogP contribution in [0.15, 0.2) is 30.6 Å². The van der Waals surface area contributed by atoms with Gasteiger partial charge in [0.2, 0.25) is 0 Å². The van der Waals surface area contributed by atoms with Gasteiger partial charge in [0, 0.05) is 26.1 Å². The van der Waals surface area contributed by atoms with Gasteiger partial charge in [-0.2, -0.15) is 0 Å². The van der Waals surface area contributed by atoms with E-state index in [4.69, 9.17) is 0 Å². The number of nitrogens with one attached hydrogen (secondary N) is 1. The number of carbonyl (C=O) groups excluding carboxylic acids is 1. The van der Waals surface area contributed by atoms with Crippen LogP contribution in [0.3, 0.4) is 0 Å². The Morgan fingerprint density at radius 1 is 1.33 bits per heavy atom. The van der Waals surface area contributed by atoms with Crippen molar-refractivity contribution >= 4 is 11.7 Å². The van der Waals surface area contributed by atoms with E-state index in [9.17, 15) is 9.18 Å². The lowest BCUT2D eigenvalue weighted by Crippen LogP contribution is -2.41. The molecule has 3 rings (SSSR count). The predicted molar refractivity (Wildman–Crippen MR) is 89.1 cm³/mol. The van der Waals surface area contributed by atoms with Crippen LogP contribution in [0.25, 0.3) is 0 Å². The molecule has 2 amide bonds. The number of para-hydroxylation sites is 1. The number of benzene rings is 1. The van der Waals surface area contributed by atoms with E-state index < -0.39 is 5.82 Å². The molecular weight excluding hydrogens is 309 g/mol. The number of piperidine rings is 1. The minimum Gasteiger partial charge on any atom is -0.325 e. The lowest BCUT2D eigenvalue weighted by atomic mass is 9.93. The van der Waals surface area contributed by atoms with E-state index in [0.29, 0.717) is 19.0 Å². The van der Waals surface area contributed by atoms with Crippen LogP contribution in [-0.2, 0) is 13.0 Å². The zero-order chi connectivity index (χ0) is 16.9. The number of aromatic nitrogens is 3. The molecule has 128 valence electrons. The average molecular weight is 331 g/mol. The molecule has 1 aliphatic heterocycles. The number of nitrogens with zero attached hydrogens (tertiary/aromatic N) is 4. The molecule has 0 spiro atoms. The second kappa shape index (κ2) is 7.42. The van der Waals surface area contributed by atoms with Gasteiger partial charge in [-0.25, -0.2) is 9.18 Å². The number of anilines is 1. The number of aryl methyl sites for hydroxylation is 1. The van der Waals surface area contributed by atoms with Crippen LogP contribution in [0.4, 0.5) is 14.9 Å².